The fraction of sp³-hybridized carbons (Fsp3) is 0.895. The molecule has 3 saturated carbocycles. The first-order chi connectivity index (χ1) is 10.3. The molecule has 0 aromatic carbocycles. The lowest BCUT2D eigenvalue weighted by molar-refractivity contribution is -0.224. The van der Waals surface area contributed by atoms with Crippen LogP contribution in [-0.4, -0.2) is 32.6 Å². The number of aliphatic hydroxyl groups excluding tert-OH is 1. The molecule has 3 N–H and O–H groups in total. The lowest BCUT2D eigenvalue weighted by atomic mass is 9.48. The highest BCUT2D eigenvalue weighted by Gasteiger charge is 2.66. The molecule has 0 unspecified atom stereocenters. The molecule has 0 amide bonds. The predicted molar refractivity (Wildman–Crippen MR) is 85.2 cm³/mol. The van der Waals surface area contributed by atoms with Gasteiger partial charge in [-0.2, -0.15) is 0 Å². The van der Waals surface area contributed by atoms with E-state index >= 15 is 0 Å². The summed E-state index contributed by atoms with van der Waals surface area (Å²) in [5.41, 5.74) is -0.265. The van der Waals surface area contributed by atoms with E-state index in [2.05, 4.69) is 19.9 Å². The molecule has 124 valence electrons. The Kier molecular flexibility index (Phi) is 3.16. The van der Waals surface area contributed by atoms with Crippen LogP contribution >= 0.6 is 0 Å². The van der Waals surface area contributed by atoms with Crippen LogP contribution in [0.3, 0.4) is 0 Å². The Bertz CT molecular complexity index is 515. The maximum atomic E-state index is 11.5. The van der Waals surface area contributed by atoms with E-state index in [1.54, 1.807) is 0 Å². The summed E-state index contributed by atoms with van der Waals surface area (Å²) in [6.45, 7) is 4.44. The Morgan fingerprint density at radius 1 is 1.00 bits per heavy atom. The number of aliphatic hydroxyl groups is 3. The number of allylic oxidation sites excluding steroid dienone is 1. The quantitative estimate of drug-likeness (QED) is 0.603. The molecule has 0 saturated heterocycles. The second-order valence-electron chi connectivity index (χ2n) is 8.82. The molecule has 0 spiro atoms. The van der Waals surface area contributed by atoms with Crippen molar-refractivity contribution in [3.05, 3.63) is 11.6 Å². The smallest absolute Gasteiger partial charge is 0.0969 e. The molecule has 0 aliphatic heterocycles. The summed E-state index contributed by atoms with van der Waals surface area (Å²) >= 11 is 0. The lowest BCUT2D eigenvalue weighted by Crippen LogP contribution is -2.64. The van der Waals surface area contributed by atoms with Crippen LogP contribution in [0.4, 0.5) is 0 Å². The third-order valence-electron chi connectivity index (χ3n) is 8.08. The Morgan fingerprint density at radius 2 is 1.73 bits per heavy atom. The van der Waals surface area contributed by atoms with Crippen molar-refractivity contribution in [2.75, 3.05) is 0 Å². The monoisotopic (exact) mass is 306 g/mol. The molecule has 4 rings (SSSR count). The summed E-state index contributed by atoms with van der Waals surface area (Å²) < 4.78 is 0. The van der Waals surface area contributed by atoms with Crippen molar-refractivity contribution in [1.82, 2.24) is 0 Å². The fourth-order valence-corrected chi connectivity index (χ4v) is 6.54. The van der Waals surface area contributed by atoms with Crippen LogP contribution < -0.4 is 0 Å². The molecule has 3 fully saturated rings. The zero-order valence-electron chi connectivity index (χ0n) is 13.9. The van der Waals surface area contributed by atoms with Gasteiger partial charge in [0.1, 0.15) is 0 Å². The van der Waals surface area contributed by atoms with Crippen molar-refractivity contribution >= 4 is 0 Å². The molecule has 4 aliphatic carbocycles. The van der Waals surface area contributed by atoms with E-state index in [4.69, 9.17) is 0 Å². The Labute approximate surface area is 133 Å². The van der Waals surface area contributed by atoms with Crippen molar-refractivity contribution in [1.29, 1.82) is 0 Å². The van der Waals surface area contributed by atoms with Gasteiger partial charge in [-0.1, -0.05) is 25.5 Å². The summed E-state index contributed by atoms with van der Waals surface area (Å²) in [6.07, 6.45) is 9.08. The largest absolute Gasteiger partial charge is 0.393 e. The van der Waals surface area contributed by atoms with Crippen LogP contribution in [0.1, 0.15) is 65.2 Å². The van der Waals surface area contributed by atoms with Gasteiger partial charge in [-0.15, -0.1) is 0 Å². The third kappa shape index (κ3) is 1.68. The number of hydrogen-bond donors (Lipinski definition) is 3. The SMILES string of the molecule is C[C@H]1CC[C@@]2(O)[C@@H]3CC=C4C[C@@H](O)CC[C@]4(C)[C@H]3CC[C@]12O. The van der Waals surface area contributed by atoms with Crippen molar-refractivity contribution in [2.24, 2.45) is 23.2 Å². The normalized spacial score (nSPS) is 57.6. The molecule has 4 aliphatic rings. The summed E-state index contributed by atoms with van der Waals surface area (Å²) in [5.74, 6) is 0.834. The summed E-state index contributed by atoms with van der Waals surface area (Å²) in [4.78, 5) is 0. The van der Waals surface area contributed by atoms with Gasteiger partial charge in [-0.25, -0.2) is 0 Å². The molecular formula is C19H30O3. The predicted octanol–water partition coefficient (Wildman–Crippen LogP) is 2.79. The molecule has 7 atom stereocenters. The molecule has 0 heterocycles. The van der Waals surface area contributed by atoms with Crippen LogP contribution in [0.5, 0.6) is 0 Å². The van der Waals surface area contributed by atoms with Crippen LogP contribution in [0.2, 0.25) is 0 Å². The van der Waals surface area contributed by atoms with Gasteiger partial charge >= 0.3 is 0 Å². The van der Waals surface area contributed by atoms with E-state index in [-0.39, 0.29) is 23.4 Å². The second kappa shape index (κ2) is 4.58. The lowest BCUT2D eigenvalue weighted by Gasteiger charge is -2.60. The fourth-order valence-electron chi connectivity index (χ4n) is 6.54. The molecule has 22 heavy (non-hydrogen) atoms. The molecule has 0 radical (unpaired) electrons. The van der Waals surface area contributed by atoms with Gasteiger partial charge in [0.05, 0.1) is 17.3 Å². The molecular weight excluding hydrogens is 276 g/mol. The van der Waals surface area contributed by atoms with E-state index in [0.717, 1.165) is 51.4 Å². The van der Waals surface area contributed by atoms with Crippen molar-refractivity contribution in [3.8, 4) is 0 Å². The van der Waals surface area contributed by atoms with E-state index in [1.165, 1.54) is 5.57 Å². The zero-order chi connectivity index (χ0) is 15.8. The van der Waals surface area contributed by atoms with Gasteiger partial charge in [-0.05, 0) is 74.5 Å². The molecule has 3 nitrogen and oxygen atoms in total. The van der Waals surface area contributed by atoms with Crippen LogP contribution in [-0.2, 0) is 0 Å². The number of hydrogen-bond acceptors (Lipinski definition) is 3. The van der Waals surface area contributed by atoms with Crippen molar-refractivity contribution < 1.29 is 15.3 Å². The van der Waals surface area contributed by atoms with Gasteiger partial charge in [0.25, 0.3) is 0 Å². The first kappa shape index (κ1) is 15.2. The summed E-state index contributed by atoms with van der Waals surface area (Å²) in [5, 5.41) is 32.7. The van der Waals surface area contributed by atoms with Crippen LogP contribution in [0.15, 0.2) is 11.6 Å². The van der Waals surface area contributed by atoms with E-state index < -0.39 is 11.2 Å². The summed E-state index contributed by atoms with van der Waals surface area (Å²) in [6, 6.07) is 0. The van der Waals surface area contributed by atoms with Crippen LogP contribution in [0, 0.1) is 23.2 Å². The zero-order valence-corrected chi connectivity index (χ0v) is 13.9. The van der Waals surface area contributed by atoms with Crippen molar-refractivity contribution in [2.45, 2.75) is 82.5 Å². The molecule has 0 bridgehead atoms. The highest BCUT2D eigenvalue weighted by atomic mass is 16.4. The van der Waals surface area contributed by atoms with E-state index in [9.17, 15) is 15.3 Å². The molecule has 3 heteroatoms. The minimum Gasteiger partial charge on any atom is -0.393 e. The van der Waals surface area contributed by atoms with Crippen molar-refractivity contribution in [3.63, 3.8) is 0 Å². The minimum atomic E-state index is -0.906. The van der Waals surface area contributed by atoms with E-state index in [0.29, 0.717) is 5.92 Å². The van der Waals surface area contributed by atoms with Gasteiger partial charge in [0.2, 0.25) is 0 Å². The summed E-state index contributed by atoms with van der Waals surface area (Å²) in [7, 11) is 0. The topological polar surface area (TPSA) is 60.7 Å². The second-order valence-corrected chi connectivity index (χ2v) is 8.82. The maximum Gasteiger partial charge on any atom is 0.0969 e. The Hall–Kier alpha value is -0.380. The van der Waals surface area contributed by atoms with Gasteiger partial charge in [0, 0.05) is 0 Å². The third-order valence-corrected chi connectivity index (χ3v) is 8.08. The highest BCUT2D eigenvalue weighted by Crippen LogP contribution is 2.64. The highest BCUT2D eigenvalue weighted by molar-refractivity contribution is 5.28. The van der Waals surface area contributed by atoms with E-state index in [1.807, 2.05) is 0 Å². The average Bonchev–Trinajstić information content (AvgIpc) is 2.72. The first-order valence-corrected chi connectivity index (χ1v) is 9.13. The Balaban J connectivity index is 1.73. The maximum absolute atomic E-state index is 11.5. The van der Waals surface area contributed by atoms with Gasteiger partial charge < -0.3 is 15.3 Å². The van der Waals surface area contributed by atoms with Gasteiger partial charge in [-0.3, -0.25) is 0 Å². The van der Waals surface area contributed by atoms with Crippen LogP contribution in [0.25, 0.3) is 0 Å². The first-order valence-electron chi connectivity index (χ1n) is 9.13. The number of rotatable bonds is 0. The molecule has 0 aromatic heterocycles. The van der Waals surface area contributed by atoms with Gasteiger partial charge in [0.15, 0.2) is 0 Å². The average molecular weight is 306 g/mol. The molecule has 0 aromatic rings. The Morgan fingerprint density at radius 3 is 2.50 bits per heavy atom. The number of fused-ring (bicyclic) bond motifs is 5. The minimum absolute atomic E-state index is 0.116. The standard InChI is InChI=1S/C19H30O3/c1-12-5-9-19(22)16-4-3-13-11-14(20)6-8-17(13,2)15(16)7-10-18(12,19)21/h3,12,14-16,20-22H,4-11H2,1-2H3/t12-,14-,15-,16+,17-,18-,19+/m0/s1.